The summed E-state index contributed by atoms with van der Waals surface area (Å²) >= 11 is 0. The van der Waals surface area contributed by atoms with Gasteiger partial charge in [-0.15, -0.1) is 5.10 Å². The first-order valence-electron chi connectivity index (χ1n) is 10.4. The van der Waals surface area contributed by atoms with Gasteiger partial charge in [0.05, 0.1) is 36.8 Å². The second-order valence-corrected chi connectivity index (χ2v) is 8.44. The summed E-state index contributed by atoms with van der Waals surface area (Å²) < 4.78 is 14.0. The van der Waals surface area contributed by atoms with Gasteiger partial charge in [0.1, 0.15) is 12.1 Å². The molecule has 5 rings (SSSR count). The first kappa shape index (κ1) is 18.0. The molecule has 2 aromatic heterocycles. The fourth-order valence-corrected chi connectivity index (χ4v) is 4.98. The smallest absolute Gasteiger partial charge is 0.166 e. The van der Waals surface area contributed by atoms with Crippen molar-refractivity contribution in [1.82, 2.24) is 25.2 Å². The Labute approximate surface area is 164 Å². The Morgan fingerprint density at radius 2 is 2.04 bits per heavy atom. The maximum atomic E-state index is 12.4. The first-order valence-corrected chi connectivity index (χ1v) is 10.4. The summed E-state index contributed by atoms with van der Waals surface area (Å²) in [4.78, 5) is 12.4. The molecule has 28 heavy (non-hydrogen) atoms. The van der Waals surface area contributed by atoms with E-state index < -0.39 is 0 Å². The third-order valence-corrected chi connectivity index (χ3v) is 6.52. The summed E-state index contributed by atoms with van der Waals surface area (Å²) in [6.07, 6.45) is 13.2. The van der Waals surface area contributed by atoms with Crippen molar-refractivity contribution in [3.05, 3.63) is 29.8 Å². The van der Waals surface area contributed by atoms with E-state index in [4.69, 9.17) is 9.47 Å². The Bertz CT molecular complexity index is 799. The summed E-state index contributed by atoms with van der Waals surface area (Å²) in [5.41, 5.74) is 1.68. The normalized spacial score (nSPS) is 30.6. The number of carbonyl (C=O) groups excluding carboxylic acids is 1. The zero-order chi connectivity index (χ0) is 18.9. The van der Waals surface area contributed by atoms with Gasteiger partial charge in [0.2, 0.25) is 0 Å². The molecule has 3 fully saturated rings. The molecule has 3 aliphatic rings. The number of aromatic amines is 1. The van der Waals surface area contributed by atoms with Crippen molar-refractivity contribution in [3.8, 4) is 0 Å². The maximum Gasteiger partial charge on any atom is 0.166 e. The molecule has 2 saturated heterocycles. The van der Waals surface area contributed by atoms with Gasteiger partial charge in [-0.1, -0.05) is 37.3 Å². The van der Waals surface area contributed by atoms with Crippen LogP contribution in [0.25, 0.3) is 0 Å². The molecule has 1 aliphatic carbocycles. The molecule has 150 valence electrons. The van der Waals surface area contributed by atoms with E-state index in [1.165, 1.54) is 32.1 Å². The monoisotopic (exact) mass is 385 g/mol. The SMILES string of the molecule is O=C(C[C@H]1CO[C@H]2[C@@H]1OC[C@@H]2n1cc(CC2CCCCC2)nn1)c1cn[nH]c1. The summed E-state index contributed by atoms with van der Waals surface area (Å²) in [5, 5.41) is 15.3. The summed E-state index contributed by atoms with van der Waals surface area (Å²) in [5.74, 6) is 0.890. The van der Waals surface area contributed by atoms with Gasteiger partial charge in [-0.2, -0.15) is 5.10 Å². The lowest BCUT2D eigenvalue weighted by Gasteiger charge is -2.20. The standard InChI is InChI=1S/C20H27N5O3/c26-18(15-8-21-22-9-15)7-14-11-27-20-17(12-28-19(14)20)25-10-16(23-24-25)6-13-4-2-1-3-5-13/h8-10,13-14,17,19-20H,1-7,11-12H2,(H,21,22)/t14-,17-,19+,20+/m0/s1. The van der Waals surface area contributed by atoms with Gasteiger partial charge in [-0.25, -0.2) is 4.68 Å². The minimum Gasteiger partial charge on any atom is -0.373 e. The average Bonchev–Trinajstić information content (AvgIpc) is 3.49. The molecule has 8 heteroatoms. The number of hydrogen-bond donors (Lipinski definition) is 1. The van der Waals surface area contributed by atoms with Crippen molar-refractivity contribution >= 4 is 5.78 Å². The number of carbonyl (C=O) groups is 1. The van der Waals surface area contributed by atoms with E-state index in [0.29, 0.717) is 25.2 Å². The second-order valence-electron chi connectivity index (χ2n) is 8.44. The molecule has 0 unspecified atom stereocenters. The van der Waals surface area contributed by atoms with Crippen LogP contribution in [-0.2, 0) is 15.9 Å². The molecule has 1 saturated carbocycles. The lowest BCUT2D eigenvalue weighted by atomic mass is 9.86. The molecule has 1 N–H and O–H groups in total. The van der Waals surface area contributed by atoms with Crippen LogP contribution >= 0.6 is 0 Å². The fraction of sp³-hybridized carbons (Fsp3) is 0.700. The summed E-state index contributed by atoms with van der Waals surface area (Å²) in [6.45, 7) is 1.09. The Morgan fingerprint density at radius 3 is 2.86 bits per heavy atom. The molecule has 2 aromatic rings. The van der Waals surface area contributed by atoms with Crippen molar-refractivity contribution in [2.24, 2.45) is 11.8 Å². The predicted octanol–water partition coefficient (Wildman–Crippen LogP) is 2.35. The lowest BCUT2D eigenvalue weighted by molar-refractivity contribution is 0.0585. The van der Waals surface area contributed by atoms with Crippen LogP contribution < -0.4 is 0 Å². The number of H-pyrrole nitrogens is 1. The zero-order valence-electron chi connectivity index (χ0n) is 16.0. The third-order valence-electron chi connectivity index (χ3n) is 6.52. The van der Waals surface area contributed by atoms with Crippen LogP contribution in [0, 0.1) is 11.8 Å². The molecule has 0 amide bonds. The molecule has 2 aliphatic heterocycles. The number of nitrogens with one attached hydrogen (secondary N) is 1. The minimum absolute atomic E-state index is 0.0339. The van der Waals surface area contributed by atoms with E-state index in [2.05, 4.69) is 26.7 Å². The van der Waals surface area contributed by atoms with Crippen LogP contribution in [0.4, 0.5) is 0 Å². The number of Topliss-reactive ketones (excluding diaryl/α,β-unsaturated/α-hetero) is 1. The number of rotatable bonds is 6. The Balaban J connectivity index is 1.21. The van der Waals surface area contributed by atoms with E-state index in [-0.39, 0.29) is 30.0 Å². The largest absolute Gasteiger partial charge is 0.373 e. The van der Waals surface area contributed by atoms with Crippen molar-refractivity contribution in [1.29, 1.82) is 0 Å². The Kier molecular flexibility index (Phi) is 4.98. The Hall–Kier alpha value is -2.06. The average molecular weight is 385 g/mol. The van der Waals surface area contributed by atoms with Gasteiger partial charge in [-0.3, -0.25) is 9.89 Å². The number of aromatic nitrogens is 5. The Morgan fingerprint density at radius 1 is 1.18 bits per heavy atom. The molecular formula is C20H27N5O3. The van der Waals surface area contributed by atoms with Crippen molar-refractivity contribution in [2.45, 2.75) is 63.2 Å². The highest BCUT2D eigenvalue weighted by molar-refractivity contribution is 5.95. The molecular weight excluding hydrogens is 358 g/mol. The van der Waals surface area contributed by atoms with Crippen LogP contribution in [0.3, 0.4) is 0 Å². The number of nitrogens with zero attached hydrogens (tertiary/aromatic N) is 4. The first-order chi connectivity index (χ1) is 13.8. The van der Waals surface area contributed by atoms with Crippen molar-refractivity contribution in [3.63, 3.8) is 0 Å². The molecule has 4 heterocycles. The van der Waals surface area contributed by atoms with Gasteiger partial charge in [0.15, 0.2) is 5.78 Å². The maximum absolute atomic E-state index is 12.4. The van der Waals surface area contributed by atoms with Crippen molar-refractivity contribution in [2.75, 3.05) is 13.2 Å². The van der Waals surface area contributed by atoms with E-state index >= 15 is 0 Å². The van der Waals surface area contributed by atoms with E-state index in [1.807, 2.05) is 4.68 Å². The fourth-order valence-electron chi connectivity index (χ4n) is 4.98. The van der Waals surface area contributed by atoms with Crippen LogP contribution in [0.2, 0.25) is 0 Å². The minimum atomic E-state index is -0.0635. The lowest BCUT2D eigenvalue weighted by Crippen LogP contribution is -2.29. The van der Waals surface area contributed by atoms with Gasteiger partial charge in [0, 0.05) is 24.7 Å². The quantitative estimate of drug-likeness (QED) is 0.767. The number of ketones is 1. The molecule has 0 radical (unpaired) electrons. The van der Waals surface area contributed by atoms with Crippen LogP contribution in [0.1, 0.15) is 60.6 Å². The third kappa shape index (κ3) is 3.51. The molecule has 0 spiro atoms. The predicted molar refractivity (Wildman–Crippen MR) is 99.8 cm³/mol. The van der Waals surface area contributed by atoms with Gasteiger partial charge in [0.25, 0.3) is 0 Å². The van der Waals surface area contributed by atoms with E-state index in [1.54, 1.807) is 12.4 Å². The number of ether oxygens (including phenoxy) is 2. The number of hydrogen-bond acceptors (Lipinski definition) is 6. The summed E-state index contributed by atoms with van der Waals surface area (Å²) in [7, 11) is 0. The van der Waals surface area contributed by atoms with Gasteiger partial charge < -0.3 is 9.47 Å². The van der Waals surface area contributed by atoms with E-state index in [9.17, 15) is 4.79 Å². The molecule has 4 atom stereocenters. The van der Waals surface area contributed by atoms with Gasteiger partial charge in [-0.05, 0) is 12.3 Å². The summed E-state index contributed by atoms with van der Waals surface area (Å²) in [6, 6.07) is 0.0339. The highest BCUT2D eigenvalue weighted by Crippen LogP contribution is 2.38. The number of fused-ring (bicyclic) bond motifs is 1. The van der Waals surface area contributed by atoms with Crippen LogP contribution in [0.5, 0.6) is 0 Å². The zero-order valence-corrected chi connectivity index (χ0v) is 16.0. The molecule has 8 nitrogen and oxygen atoms in total. The molecule has 0 aromatic carbocycles. The highest BCUT2D eigenvalue weighted by atomic mass is 16.6. The van der Waals surface area contributed by atoms with E-state index in [0.717, 1.165) is 18.0 Å². The molecule has 0 bridgehead atoms. The van der Waals surface area contributed by atoms with Crippen molar-refractivity contribution < 1.29 is 14.3 Å². The van der Waals surface area contributed by atoms with Gasteiger partial charge >= 0.3 is 0 Å². The van der Waals surface area contributed by atoms with Crippen LogP contribution in [0.15, 0.2) is 18.6 Å². The highest BCUT2D eigenvalue weighted by Gasteiger charge is 2.49. The topological polar surface area (TPSA) is 94.9 Å². The second kappa shape index (κ2) is 7.75. The van der Waals surface area contributed by atoms with Crippen LogP contribution in [-0.4, -0.2) is 56.4 Å².